The number of rotatable bonds is 4. The summed E-state index contributed by atoms with van der Waals surface area (Å²) in [5.41, 5.74) is 3.78. The number of halogens is 1. The highest BCUT2D eigenvalue weighted by Crippen LogP contribution is 2.30. The van der Waals surface area contributed by atoms with E-state index in [2.05, 4.69) is 0 Å². The largest absolute Gasteiger partial charge is 0.496 e. The molecule has 0 saturated carbocycles. The van der Waals surface area contributed by atoms with Crippen LogP contribution in [-0.4, -0.2) is 18.8 Å². The van der Waals surface area contributed by atoms with E-state index in [1.807, 2.05) is 26.8 Å². The van der Waals surface area contributed by atoms with E-state index in [1.54, 1.807) is 7.11 Å². The highest BCUT2D eigenvalue weighted by Gasteiger charge is 2.18. The van der Waals surface area contributed by atoms with Crippen molar-refractivity contribution in [2.24, 2.45) is 0 Å². The number of hydrogen-bond donors (Lipinski definition) is 0. The molecule has 0 heterocycles. The number of aryl methyl sites for hydroxylation is 2. The Balaban J connectivity index is 3.36. The molecule has 0 aromatic heterocycles. The Kier molecular flexibility index (Phi) is 4.36. The molecule has 0 aliphatic heterocycles. The van der Waals surface area contributed by atoms with Gasteiger partial charge < -0.3 is 4.74 Å². The van der Waals surface area contributed by atoms with Crippen LogP contribution in [0.2, 0.25) is 0 Å². The minimum Gasteiger partial charge on any atom is -0.496 e. The van der Waals surface area contributed by atoms with Gasteiger partial charge in [0.15, 0.2) is 5.78 Å². The van der Waals surface area contributed by atoms with Crippen LogP contribution in [0.3, 0.4) is 0 Å². The molecule has 0 aliphatic rings. The van der Waals surface area contributed by atoms with Crippen LogP contribution >= 0.6 is 11.6 Å². The van der Waals surface area contributed by atoms with Crippen LogP contribution in [0.1, 0.15) is 33.5 Å². The standard InChI is InChI=1S/C13H17ClO2/c1-8-7-9(2)12(11(15)5-6-14)13(16-4)10(8)3/h7H,5-6H2,1-4H3. The number of alkyl halides is 1. The highest BCUT2D eigenvalue weighted by atomic mass is 35.5. The van der Waals surface area contributed by atoms with Crippen LogP contribution in [0.4, 0.5) is 0 Å². The fraction of sp³-hybridized carbons (Fsp3) is 0.462. The maximum absolute atomic E-state index is 11.9. The summed E-state index contributed by atoms with van der Waals surface area (Å²) in [5, 5.41) is 0. The lowest BCUT2D eigenvalue weighted by atomic mass is 9.95. The van der Waals surface area contributed by atoms with Gasteiger partial charge in [0.25, 0.3) is 0 Å². The smallest absolute Gasteiger partial charge is 0.168 e. The van der Waals surface area contributed by atoms with Gasteiger partial charge >= 0.3 is 0 Å². The van der Waals surface area contributed by atoms with Crippen molar-refractivity contribution in [3.05, 3.63) is 28.3 Å². The summed E-state index contributed by atoms with van der Waals surface area (Å²) in [4.78, 5) is 11.9. The molecule has 0 saturated heterocycles. The van der Waals surface area contributed by atoms with Crippen LogP contribution < -0.4 is 4.74 Å². The van der Waals surface area contributed by atoms with Crippen molar-refractivity contribution in [1.82, 2.24) is 0 Å². The summed E-state index contributed by atoms with van der Waals surface area (Å²) in [5.74, 6) is 1.08. The molecule has 0 atom stereocenters. The van der Waals surface area contributed by atoms with Gasteiger partial charge in [-0.25, -0.2) is 0 Å². The highest BCUT2D eigenvalue weighted by molar-refractivity contribution is 6.19. The monoisotopic (exact) mass is 240 g/mol. The third-order valence-electron chi connectivity index (χ3n) is 2.79. The first kappa shape index (κ1) is 13.0. The van der Waals surface area contributed by atoms with Gasteiger partial charge in [0, 0.05) is 12.3 Å². The maximum Gasteiger partial charge on any atom is 0.168 e. The van der Waals surface area contributed by atoms with E-state index in [-0.39, 0.29) is 5.78 Å². The first-order valence-electron chi connectivity index (χ1n) is 5.26. The normalized spacial score (nSPS) is 10.3. The van der Waals surface area contributed by atoms with Crippen molar-refractivity contribution in [3.63, 3.8) is 0 Å². The van der Waals surface area contributed by atoms with Crippen molar-refractivity contribution >= 4 is 17.4 Å². The first-order valence-corrected chi connectivity index (χ1v) is 5.80. The number of ketones is 1. The Bertz CT molecular complexity index is 411. The fourth-order valence-electron chi connectivity index (χ4n) is 1.86. The number of carbonyl (C=O) groups is 1. The van der Waals surface area contributed by atoms with Crippen molar-refractivity contribution in [2.45, 2.75) is 27.2 Å². The molecular formula is C13H17ClO2. The summed E-state index contributed by atoms with van der Waals surface area (Å²) in [6, 6.07) is 2.01. The molecule has 88 valence electrons. The lowest BCUT2D eigenvalue weighted by Crippen LogP contribution is -2.07. The SMILES string of the molecule is COc1c(C)c(C)cc(C)c1C(=O)CCCl. The number of hydrogen-bond acceptors (Lipinski definition) is 2. The molecule has 0 fully saturated rings. The molecule has 0 aliphatic carbocycles. The molecule has 0 amide bonds. The zero-order valence-corrected chi connectivity index (χ0v) is 10.9. The van der Waals surface area contributed by atoms with Gasteiger partial charge in [-0.2, -0.15) is 0 Å². The summed E-state index contributed by atoms with van der Waals surface area (Å²) in [6.07, 6.45) is 0.348. The molecule has 0 radical (unpaired) electrons. The molecule has 0 spiro atoms. The molecule has 0 unspecified atom stereocenters. The number of methoxy groups -OCH3 is 1. The Morgan fingerprint density at radius 3 is 2.44 bits per heavy atom. The van der Waals surface area contributed by atoms with Gasteiger partial charge in [-0.15, -0.1) is 11.6 Å². The Hall–Kier alpha value is -1.02. The lowest BCUT2D eigenvalue weighted by Gasteiger charge is -2.15. The minimum absolute atomic E-state index is 0.0486. The van der Waals surface area contributed by atoms with Crippen LogP contribution in [0.25, 0.3) is 0 Å². The number of benzene rings is 1. The Morgan fingerprint density at radius 1 is 1.31 bits per heavy atom. The number of ether oxygens (including phenoxy) is 1. The van der Waals surface area contributed by atoms with Gasteiger partial charge in [0.2, 0.25) is 0 Å². The topological polar surface area (TPSA) is 26.3 Å². The summed E-state index contributed by atoms with van der Waals surface area (Å²) >= 11 is 5.60. The van der Waals surface area contributed by atoms with Gasteiger partial charge in [0.05, 0.1) is 12.7 Å². The van der Waals surface area contributed by atoms with Gasteiger partial charge in [-0.05, 0) is 37.5 Å². The lowest BCUT2D eigenvalue weighted by molar-refractivity contribution is 0.0985. The van der Waals surface area contributed by atoms with Gasteiger partial charge in [0.1, 0.15) is 5.75 Å². The predicted octanol–water partition coefficient (Wildman–Crippen LogP) is 3.43. The molecule has 1 aromatic rings. The molecule has 1 rings (SSSR count). The van der Waals surface area contributed by atoms with Gasteiger partial charge in [-0.3, -0.25) is 4.79 Å². The molecule has 0 bridgehead atoms. The first-order chi connectivity index (χ1) is 7.52. The molecule has 16 heavy (non-hydrogen) atoms. The van der Waals surface area contributed by atoms with E-state index in [9.17, 15) is 4.79 Å². The third-order valence-corrected chi connectivity index (χ3v) is 2.98. The van der Waals surface area contributed by atoms with Crippen molar-refractivity contribution in [2.75, 3.05) is 13.0 Å². The van der Waals surface area contributed by atoms with Crippen LogP contribution in [0.5, 0.6) is 5.75 Å². The zero-order valence-electron chi connectivity index (χ0n) is 10.2. The van der Waals surface area contributed by atoms with Crippen molar-refractivity contribution < 1.29 is 9.53 Å². The summed E-state index contributed by atoms with van der Waals surface area (Å²) in [6.45, 7) is 5.90. The summed E-state index contributed by atoms with van der Waals surface area (Å²) < 4.78 is 5.34. The van der Waals surface area contributed by atoms with E-state index in [0.29, 0.717) is 23.6 Å². The Morgan fingerprint density at radius 2 is 1.94 bits per heavy atom. The van der Waals surface area contributed by atoms with Crippen LogP contribution in [0, 0.1) is 20.8 Å². The quantitative estimate of drug-likeness (QED) is 0.595. The van der Waals surface area contributed by atoms with E-state index < -0.39 is 0 Å². The van der Waals surface area contributed by atoms with Crippen LogP contribution in [-0.2, 0) is 0 Å². The minimum atomic E-state index is 0.0486. The Labute approximate surface area is 102 Å². The average Bonchev–Trinajstić information content (AvgIpc) is 2.23. The second kappa shape index (κ2) is 5.35. The molecule has 2 nitrogen and oxygen atoms in total. The third kappa shape index (κ3) is 2.38. The summed E-state index contributed by atoms with van der Waals surface area (Å²) in [7, 11) is 1.60. The van der Waals surface area contributed by atoms with E-state index in [1.165, 1.54) is 0 Å². The van der Waals surface area contributed by atoms with Crippen molar-refractivity contribution in [1.29, 1.82) is 0 Å². The number of carbonyl (C=O) groups excluding carboxylic acids is 1. The maximum atomic E-state index is 11.9. The zero-order chi connectivity index (χ0) is 12.3. The van der Waals surface area contributed by atoms with Gasteiger partial charge in [-0.1, -0.05) is 6.07 Å². The van der Waals surface area contributed by atoms with Crippen LogP contribution in [0.15, 0.2) is 6.07 Å². The second-order valence-electron chi connectivity index (χ2n) is 3.91. The molecule has 0 N–H and O–H groups in total. The predicted molar refractivity (Wildman–Crippen MR) is 66.9 cm³/mol. The second-order valence-corrected chi connectivity index (χ2v) is 4.28. The molecular weight excluding hydrogens is 224 g/mol. The number of Topliss-reactive ketones (excluding diaryl/α,β-unsaturated/α-hetero) is 1. The van der Waals surface area contributed by atoms with Crippen molar-refractivity contribution in [3.8, 4) is 5.75 Å². The van der Waals surface area contributed by atoms with E-state index >= 15 is 0 Å². The molecule has 3 heteroatoms. The fourth-order valence-corrected chi connectivity index (χ4v) is 2.03. The van der Waals surface area contributed by atoms with E-state index in [4.69, 9.17) is 16.3 Å². The molecule has 1 aromatic carbocycles. The van der Waals surface area contributed by atoms with E-state index in [0.717, 1.165) is 16.7 Å². The average molecular weight is 241 g/mol.